The molecule has 1 unspecified atom stereocenters. The van der Waals surface area contributed by atoms with Crippen molar-refractivity contribution in [2.45, 2.75) is 13.3 Å². The van der Waals surface area contributed by atoms with Crippen molar-refractivity contribution in [1.29, 1.82) is 0 Å². The molecule has 5 heteroatoms. The fourth-order valence-corrected chi connectivity index (χ4v) is 6.83. The first-order valence-electron chi connectivity index (χ1n) is 12.8. The number of hydrogen-bond donors (Lipinski definition) is 0. The largest absolute Gasteiger partial charge is 0.314 e. The molecule has 6 aromatic rings. The van der Waals surface area contributed by atoms with E-state index in [-0.39, 0.29) is 0 Å². The maximum absolute atomic E-state index is 4.81. The Kier molecular flexibility index (Phi) is 5.88. The molecular formula is C33H25N3S2. The first-order chi connectivity index (χ1) is 18.8. The van der Waals surface area contributed by atoms with E-state index in [1.807, 2.05) is 0 Å². The number of thiophene rings is 1. The summed E-state index contributed by atoms with van der Waals surface area (Å²) in [7, 11) is 0. The third kappa shape index (κ3) is 3.87. The van der Waals surface area contributed by atoms with E-state index in [0.717, 1.165) is 34.3 Å². The lowest BCUT2D eigenvalue weighted by Gasteiger charge is -2.32. The van der Waals surface area contributed by atoms with E-state index in [4.69, 9.17) is 8.75 Å². The van der Waals surface area contributed by atoms with E-state index in [1.54, 1.807) is 11.3 Å². The number of anilines is 2. The number of allylic oxidation sites excluding steroid dienone is 4. The summed E-state index contributed by atoms with van der Waals surface area (Å²) in [5, 5.41) is 4.55. The molecule has 2 aromatic heterocycles. The van der Waals surface area contributed by atoms with Crippen LogP contribution in [0.3, 0.4) is 0 Å². The molecule has 0 radical (unpaired) electrons. The molecule has 0 spiro atoms. The summed E-state index contributed by atoms with van der Waals surface area (Å²) >= 11 is 3.04. The van der Waals surface area contributed by atoms with E-state index >= 15 is 0 Å². The van der Waals surface area contributed by atoms with Gasteiger partial charge in [-0.25, -0.2) is 0 Å². The lowest BCUT2D eigenvalue weighted by atomic mass is 9.92. The number of fused-ring (bicyclic) bond motifs is 2. The average molecular weight is 528 g/mol. The Labute approximate surface area is 230 Å². The number of rotatable bonds is 5. The second-order valence-electron chi connectivity index (χ2n) is 9.61. The van der Waals surface area contributed by atoms with E-state index in [9.17, 15) is 0 Å². The molecule has 4 aromatic carbocycles. The van der Waals surface area contributed by atoms with Gasteiger partial charge in [-0.1, -0.05) is 79.7 Å². The zero-order chi connectivity index (χ0) is 25.5. The van der Waals surface area contributed by atoms with Crippen LogP contribution in [0.15, 0.2) is 120 Å². The van der Waals surface area contributed by atoms with Crippen LogP contribution in [0.2, 0.25) is 0 Å². The van der Waals surface area contributed by atoms with Crippen molar-refractivity contribution in [2.75, 3.05) is 4.90 Å². The molecule has 38 heavy (non-hydrogen) atoms. The van der Waals surface area contributed by atoms with Crippen LogP contribution in [0.25, 0.3) is 43.4 Å². The molecule has 0 fully saturated rings. The standard InChI is InChI=1S/C33H25N3S2/c1-22-10-5-8-15-28(22)36(24-11-3-2-4-12-24)25-19-17-23(18-20-25)30-26-13-6-7-14-27(26)31(29-16-9-21-37-29)33-32(30)34-38-35-33/h2-9,11-22H,10H2,1H3. The molecule has 0 aliphatic heterocycles. The lowest BCUT2D eigenvalue weighted by Crippen LogP contribution is -2.22. The highest BCUT2D eigenvalue weighted by atomic mass is 32.1. The van der Waals surface area contributed by atoms with Crippen LogP contribution in [0.5, 0.6) is 0 Å². The number of hydrogen-bond acceptors (Lipinski definition) is 5. The van der Waals surface area contributed by atoms with Crippen LogP contribution < -0.4 is 4.90 Å². The second kappa shape index (κ2) is 9.67. The first kappa shape index (κ1) is 23.1. The minimum Gasteiger partial charge on any atom is -0.314 e. The van der Waals surface area contributed by atoms with E-state index in [2.05, 4.69) is 126 Å². The monoisotopic (exact) mass is 527 g/mol. The summed E-state index contributed by atoms with van der Waals surface area (Å²) in [6.45, 7) is 2.30. The van der Waals surface area contributed by atoms with Gasteiger partial charge in [-0.05, 0) is 64.5 Å². The molecule has 2 heterocycles. The van der Waals surface area contributed by atoms with Gasteiger partial charge in [0, 0.05) is 39.0 Å². The van der Waals surface area contributed by atoms with Gasteiger partial charge in [0.15, 0.2) is 0 Å². The molecule has 3 nitrogen and oxygen atoms in total. The topological polar surface area (TPSA) is 29.0 Å². The van der Waals surface area contributed by atoms with E-state index < -0.39 is 0 Å². The van der Waals surface area contributed by atoms with Gasteiger partial charge in [0.1, 0.15) is 11.0 Å². The van der Waals surface area contributed by atoms with Crippen LogP contribution >= 0.6 is 23.1 Å². The SMILES string of the molecule is CC1CC=CC=C1N(c1ccccc1)c1ccc(-c2c3ccccc3c(-c3cccs3)c3nsnc23)cc1. The van der Waals surface area contributed by atoms with Crippen molar-refractivity contribution < 1.29 is 0 Å². The molecule has 184 valence electrons. The molecule has 1 atom stereocenters. The predicted octanol–water partition coefficient (Wildman–Crippen LogP) is 9.86. The number of aromatic nitrogens is 2. The quantitative estimate of drug-likeness (QED) is 0.223. The average Bonchev–Trinajstić information content (AvgIpc) is 3.67. The minimum atomic E-state index is 0.439. The molecular weight excluding hydrogens is 503 g/mol. The Morgan fingerprint density at radius 3 is 2.13 bits per heavy atom. The van der Waals surface area contributed by atoms with Crippen molar-refractivity contribution in [3.8, 4) is 21.6 Å². The highest BCUT2D eigenvalue weighted by Crippen LogP contribution is 2.44. The molecule has 1 aliphatic rings. The minimum absolute atomic E-state index is 0.439. The van der Waals surface area contributed by atoms with Crippen molar-refractivity contribution in [3.63, 3.8) is 0 Å². The molecule has 0 N–H and O–H groups in total. The number of nitrogens with zero attached hydrogens (tertiary/aromatic N) is 3. The zero-order valence-electron chi connectivity index (χ0n) is 20.9. The maximum atomic E-state index is 4.81. The predicted molar refractivity (Wildman–Crippen MR) is 163 cm³/mol. The summed E-state index contributed by atoms with van der Waals surface area (Å²) in [6.07, 6.45) is 7.71. The molecule has 1 aliphatic carbocycles. The third-order valence-electron chi connectivity index (χ3n) is 7.28. The third-order valence-corrected chi connectivity index (χ3v) is 8.70. The molecule has 7 rings (SSSR count). The van der Waals surface area contributed by atoms with Crippen molar-refractivity contribution in [1.82, 2.24) is 8.75 Å². The van der Waals surface area contributed by atoms with Crippen molar-refractivity contribution >= 4 is 56.2 Å². The summed E-state index contributed by atoms with van der Waals surface area (Å²) in [5.41, 5.74) is 9.07. The van der Waals surface area contributed by atoms with Crippen LogP contribution in [0.1, 0.15) is 13.3 Å². The molecule has 0 bridgehead atoms. The maximum Gasteiger partial charge on any atom is 0.114 e. The van der Waals surface area contributed by atoms with Crippen LogP contribution in [-0.2, 0) is 0 Å². The summed E-state index contributed by atoms with van der Waals surface area (Å²) in [4.78, 5) is 3.61. The highest BCUT2D eigenvalue weighted by molar-refractivity contribution is 7.13. The van der Waals surface area contributed by atoms with E-state index in [1.165, 1.54) is 44.3 Å². The van der Waals surface area contributed by atoms with Gasteiger partial charge in [0.25, 0.3) is 0 Å². The van der Waals surface area contributed by atoms with Gasteiger partial charge in [-0.15, -0.1) is 11.3 Å². The van der Waals surface area contributed by atoms with Crippen LogP contribution in [-0.4, -0.2) is 8.75 Å². The summed E-state index contributed by atoms with van der Waals surface area (Å²) in [6, 6.07) is 32.5. The van der Waals surface area contributed by atoms with Gasteiger partial charge in [0.2, 0.25) is 0 Å². The Balaban J connectivity index is 1.40. The molecule has 0 amide bonds. The van der Waals surface area contributed by atoms with E-state index in [0.29, 0.717) is 5.92 Å². The first-order valence-corrected chi connectivity index (χ1v) is 14.4. The van der Waals surface area contributed by atoms with Gasteiger partial charge < -0.3 is 4.90 Å². The van der Waals surface area contributed by atoms with Gasteiger partial charge >= 0.3 is 0 Å². The Morgan fingerprint density at radius 1 is 0.737 bits per heavy atom. The number of benzene rings is 4. The molecule has 0 saturated heterocycles. The van der Waals surface area contributed by atoms with Crippen LogP contribution in [0.4, 0.5) is 11.4 Å². The fraction of sp³-hybridized carbons (Fsp3) is 0.0909. The smallest absolute Gasteiger partial charge is 0.114 e. The molecule has 0 saturated carbocycles. The van der Waals surface area contributed by atoms with Gasteiger partial charge in [-0.2, -0.15) is 8.75 Å². The van der Waals surface area contributed by atoms with Crippen molar-refractivity contribution in [2.24, 2.45) is 5.92 Å². The Morgan fingerprint density at radius 2 is 1.42 bits per heavy atom. The summed E-state index contributed by atoms with van der Waals surface area (Å²) < 4.78 is 9.59. The van der Waals surface area contributed by atoms with Crippen molar-refractivity contribution in [3.05, 3.63) is 120 Å². The Hall–Kier alpha value is -4.06. The second-order valence-corrected chi connectivity index (χ2v) is 11.1. The summed E-state index contributed by atoms with van der Waals surface area (Å²) in [5.74, 6) is 0.439. The Bertz CT molecular complexity index is 1800. The highest BCUT2D eigenvalue weighted by Gasteiger charge is 2.22. The normalized spacial score (nSPS) is 15.2. The zero-order valence-corrected chi connectivity index (χ0v) is 22.5. The van der Waals surface area contributed by atoms with Gasteiger partial charge in [0.05, 0.1) is 11.7 Å². The van der Waals surface area contributed by atoms with Crippen LogP contribution in [0, 0.1) is 5.92 Å². The number of para-hydroxylation sites is 1. The van der Waals surface area contributed by atoms with Gasteiger partial charge in [-0.3, -0.25) is 0 Å². The lowest BCUT2D eigenvalue weighted by molar-refractivity contribution is 0.670. The fourth-order valence-electron chi connectivity index (χ4n) is 5.48.